The molecule has 1 aliphatic carbocycles. The third kappa shape index (κ3) is 7.25. The van der Waals surface area contributed by atoms with Gasteiger partial charge in [0.2, 0.25) is 5.91 Å². The van der Waals surface area contributed by atoms with Crippen molar-refractivity contribution < 1.29 is 33.6 Å². The van der Waals surface area contributed by atoms with Crippen LogP contribution in [0.3, 0.4) is 0 Å². The summed E-state index contributed by atoms with van der Waals surface area (Å²) in [6, 6.07) is 0.114. The summed E-state index contributed by atoms with van der Waals surface area (Å²) in [6.07, 6.45) is 6.37. The average Bonchev–Trinajstić information content (AvgIpc) is 3.40. The highest BCUT2D eigenvalue weighted by atomic mass is 16.7. The van der Waals surface area contributed by atoms with Crippen molar-refractivity contribution in [2.75, 3.05) is 19.8 Å². The minimum absolute atomic E-state index is 0.0973. The fourth-order valence-electron chi connectivity index (χ4n) is 4.55. The van der Waals surface area contributed by atoms with Gasteiger partial charge in [-0.3, -0.25) is 4.79 Å². The van der Waals surface area contributed by atoms with Gasteiger partial charge in [-0.2, -0.15) is 0 Å². The molecule has 0 aromatic rings. The smallest absolute Gasteiger partial charge is 0.434 e. The van der Waals surface area contributed by atoms with Crippen molar-refractivity contribution in [1.82, 2.24) is 5.32 Å². The summed E-state index contributed by atoms with van der Waals surface area (Å²) in [5.41, 5.74) is -0.382. The van der Waals surface area contributed by atoms with Gasteiger partial charge in [-0.15, -0.1) is 0 Å². The van der Waals surface area contributed by atoms with Crippen LogP contribution in [0.25, 0.3) is 0 Å². The van der Waals surface area contributed by atoms with Gasteiger partial charge < -0.3 is 29.4 Å². The molecule has 8 heteroatoms. The molecule has 0 aromatic heterocycles. The summed E-state index contributed by atoms with van der Waals surface area (Å²) in [6.45, 7) is 6.91. The number of nitrogens with one attached hydrogen (secondary N) is 1. The van der Waals surface area contributed by atoms with Gasteiger partial charge in [-0.1, -0.05) is 6.08 Å². The van der Waals surface area contributed by atoms with Crippen molar-refractivity contribution in [1.29, 1.82) is 0 Å². The third-order valence-corrected chi connectivity index (χ3v) is 5.93. The molecule has 2 aliphatic heterocycles. The van der Waals surface area contributed by atoms with Crippen LogP contribution in [0.5, 0.6) is 0 Å². The molecule has 30 heavy (non-hydrogen) atoms. The highest BCUT2D eigenvalue weighted by molar-refractivity contribution is 5.87. The number of hydrogen-bond acceptors (Lipinski definition) is 7. The maximum Gasteiger partial charge on any atom is 0.508 e. The Bertz CT molecular complexity index is 627. The Morgan fingerprint density at radius 2 is 1.87 bits per heavy atom. The zero-order valence-electron chi connectivity index (χ0n) is 18.2. The van der Waals surface area contributed by atoms with E-state index in [9.17, 15) is 14.7 Å². The molecule has 0 radical (unpaired) electrons. The highest BCUT2D eigenvalue weighted by Gasteiger charge is 2.54. The summed E-state index contributed by atoms with van der Waals surface area (Å²) in [5.74, 6) is 0.0809. The van der Waals surface area contributed by atoms with Crippen LogP contribution in [-0.4, -0.2) is 66.4 Å². The molecule has 1 amide bonds. The van der Waals surface area contributed by atoms with Crippen molar-refractivity contribution >= 4 is 12.1 Å². The van der Waals surface area contributed by atoms with Gasteiger partial charge in [0.05, 0.1) is 36.6 Å². The van der Waals surface area contributed by atoms with Crippen LogP contribution in [0.2, 0.25) is 0 Å². The van der Waals surface area contributed by atoms with E-state index in [4.69, 9.17) is 18.9 Å². The van der Waals surface area contributed by atoms with Crippen LogP contribution in [0.4, 0.5) is 4.79 Å². The Balaban J connectivity index is 1.29. The third-order valence-electron chi connectivity index (χ3n) is 5.93. The van der Waals surface area contributed by atoms with Gasteiger partial charge in [0.1, 0.15) is 6.61 Å². The molecule has 1 saturated carbocycles. The second kappa shape index (κ2) is 9.66. The van der Waals surface area contributed by atoms with Crippen molar-refractivity contribution in [3.05, 3.63) is 12.2 Å². The quantitative estimate of drug-likeness (QED) is 0.367. The number of aliphatic hydroxyl groups is 1. The van der Waals surface area contributed by atoms with Crippen molar-refractivity contribution in [2.24, 2.45) is 5.92 Å². The molecule has 8 nitrogen and oxygen atoms in total. The van der Waals surface area contributed by atoms with Crippen molar-refractivity contribution in [2.45, 2.75) is 88.7 Å². The minimum Gasteiger partial charge on any atom is -0.434 e. The molecule has 170 valence electrons. The molecule has 0 aromatic carbocycles. The standard InChI is InChI=1S/C22H35NO7/c1-15(24)4-9-19(25)23-17-7-5-16(6-8-17)11-27-20(26)28-12-18-10-22(14-29-22)13-21(2,3)30-18/h4,9,15-18,24H,5-8,10-14H2,1-3H3,(H,23,25)/b9-4-/t15-,16?,17?,18-,22+/m0/s1. The van der Waals surface area contributed by atoms with E-state index in [1.165, 1.54) is 12.2 Å². The van der Waals surface area contributed by atoms with Crippen LogP contribution in [0, 0.1) is 5.92 Å². The number of amides is 1. The second-order valence-corrected chi connectivity index (χ2v) is 9.55. The number of carbonyl (C=O) groups excluding carboxylic acids is 2. The SMILES string of the molecule is C[C@H](O)/C=C\C(=O)NC1CCC(COC(=O)OC[C@@H]2C[C@]3(CO3)CC(C)(C)O2)CC1. The molecule has 3 rings (SSSR count). The van der Waals surface area contributed by atoms with E-state index in [1.54, 1.807) is 6.92 Å². The Kier molecular flexibility index (Phi) is 7.42. The number of epoxide rings is 1. The fourth-order valence-corrected chi connectivity index (χ4v) is 4.55. The Morgan fingerprint density at radius 3 is 2.50 bits per heavy atom. The molecule has 0 unspecified atom stereocenters. The highest BCUT2D eigenvalue weighted by Crippen LogP contribution is 2.45. The van der Waals surface area contributed by atoms with E-state index < -0.39 is 12.3 Å². The monoisotopic (exact) mass is 425 g/mol. The lowest BCUT2D eigenvalue weighted by molar-refractivity contribution is -0.147. The predicted molar refractivity (Wildman–Crippen MR) is 109 cm³/mol. The maximum atomic E-state index is 12.0. The molecular weight excluding hydrogens is 390 g/mol. The first kappa shape index (κ1) is 23.0. The van der Waals surface area contributed by atoms with E-state index in [0.717, 1.165) is 45.1 Å². The second-order valence-electron chi connectivity index (χ2n) is 9.55. The number of aliphatic hydroxyl groups excluding tert-OH is 1. The average molecular weight is 426 g/mol. The molecule has 2 N–H and O–H groups in total. The Labute approximate surface area is 178 Å². The van der Waals surface area contributed by atoms with Gasteiger partial charge in [-0.25, -0.2) is 4.79 Å². The van der Waals surface area contributed by atoms with E-state index in [-0.39, 0.29) is 41.8 Å². The molecule has 3 aliphatic rings. The van der Waals surface area contributed by atoms with Crippen LogP contribution in [0.15, 0.2) is 12.2 Å². The van der Waals surface area contributed by atoms with E-state index in [2.05, 4.69) is 5.32 Å². The van der Waals surface area contributed by atoms with Gasteiger partial charge in [0.15, 0.2) is 0 Å². The van der Waals surface area contributed by atoms with Gasteiger partial charge in [-0.05, 0) is 52.4 Å². The van der Waals surface area contributed by atoms with Crippen LogP contribution in [-0.2, 0) is 23.7 Å². The maximum absolute atomic E-state index is 12.0. The van der Waals surface area contributed by atoms with Crippen LogP contribution < -0.4 is 5.32 Å². The molecule has 0 bridgehead atoms. The number of hydrogen-bond donors (Lipinski definition) is 2. The summed E-state index contributed by atoms with van der Waals surface area (Å²) >= 11 is 0. The molecule has 3 atom stereocenters. The lowest BCUT2D eigenvalue weighted by atomic mass is 9.86. The summed E-state index contributed by atoms with van der Waals surface area (Å²) in [5, 5.41) is 12.1. The summed E-state index contributed by atoms with van der Waals surface area (Å²) < 4.78 is 22.2. The largest absolute Gasteiger partial charge is 0.508 e. The zero-order valence-corrected chi connectivity index (χ0v) is 18.2. The Hall–Kier alpha value is -1.64. The topological polar surface area (TPSA) is 107 Å². The van der Waals surface area contributed by atoms with E-state index in [0.29, 0.717) is 6.61 Å². The predicted octanol–water partition coefficient (Wildman–Crippen LogP) is 2.48. The summed E-state index contributed by atoms with van der Waals surface area (Å²) in [4.78, 5) is 23.8. The van der Waals surface area contributed by atoms with Crippen LogP contribution >= 0.6 is 0 Å². The molecule has 2 heterocycles. The zero-order chi connectivity index (χ0) is 21.8. The number of carbonyl (C=O) groups is 2. The lowest BCUT2D eigenvalue weighted by Crippen LogP contribution is -2.45. The van der Waals surface area contributed by atoms with Crippen molar-refractivity contribution in [3.63, 3.8) is 0 Å². The van der Waals surface area contributed by atoms with E-state index >= 15 is 0 Å². The fraction of sp³-hybridized carbons (Fsp3) is 0.818. The molecular formula is C22H35NO7. The van der Waals surface area contributed by atoms with E-state index in [1.807, 2.05) is 13.8 Å². The first-order valence-corrected chi connectivity index (χ1v) is 10.9. The number of rotatable bonds is 7. The van der Waals surface area contributed by atoms with Gasteiger partial charge in [0.25, 0.3) is 0 Å². The lowest BCUT2D eigenvalue weighted by Gasteiger charge is -2.39. The van der Waals surface area contributed by atoms with Crippen molar-refractivity contribution in [3.8, 4) is 0 Å². The first-order valence-electron chi connectivity index (χ1n) is 10.9. The first-order chi connectivity index (χ1) is 14.1. The molecule has 3 fully saturated rings. The minimum atomic E-state index is -0.661. The van der Waals surface area contributed by atoms with Crippen LogP contribution in [0.1, 0.15) is 59.3 Å². The van der Waals surface area contributed by atoms with Gasteiger partial charge >= 0.3 is 6.16 Å². The molecule has 1 spiro atoms. The molecule has 2 saturated heterocycles. The normalized spacial score (nSPS) is 33.8. The number of ether oxygens (including phenoxy) is 4. The summed E-state index contributed by atoms with van der Waals surface area (Å²) in [7, 11) is 0. The Morgan fingerprint density at radius 1 is 1.20 bits per heavy atom. The van der Waals surface area contributed by atoms with Gasteiger partial charge in [0, 0.05) is 25.0 Å².